The summed E-state index contributed by atoms with van der Waals surface area (Å²) in [6, 6.07) is 1.44. The molecule has 6 heteroatoms. The Hall–Kier alpha value is -1.72. The predicted octanol–water partition coefficient (Wildman–Crippen LogP) is 1.15. The fourth-order valence-electron chi connectivity index (χ4n) is 1.68. The molecule has 2 N–H and O–H groups in total. The summed E-state index contributed by atoms with van der Waals surface area (Å²) >= 11 is 0. The van der Waals surface area contributed by atoms with E-state index in [0.717, 1.165) is 4.90 Å². The third-order valence-electron chi connectivity index (χ3n) is 2.54. The van der Waals surface area contributed by atoms with Crippen molar-refractivity contribution in [2.75, 3.05) is 18.8 Å². The molecular weight excluding hydrogens is 216 g/mol. The summed E-state index contributed by atoms with van der Waals surface area (Å²) in [4.78, 5) is 16.7. The zero-order chi connectivity index (χ0) is 11.8. The fourth-order valence-corrected chi connectivity index (χ4v) is 1.68. The van der Waals surface area contributed by atoms with Crippen molar-refractivity contribution in [1.82, 2.24) is 9.88 Å². The molecular formula is C10H11F2N3O. The first-order valence-electron chi connectivity index (χ1n) is 4.86. The quantitative estimate of drug-likeness (QED) is 0.782. The van der Waals surface area contributed by atoms with Gasteiger partial charge in [-0.1, -0.05) is 0 Å². The molecule has 1 saturated heterocycles. The normalized spacial score (nSPS) is 18.8. The van der Waals surface area contributed by atoms with E-state index in [9.17, 15) is 13.6 Å². The fraction of sp³-hybridized carbons (Fsp3) is 0.400. The van der Waals surface area contributed by atoms with Crippen LogP contribution in [-0.2, 0) is 0 Å². The average molecular weight is 227 g/mol. The van der Waals surface area contributed by atoms with Crippen molar-refractivity contribution >= 4 is 11.6 Å². The van der Waals surface area contributed by atoms with Crippen molar-refractivity contribution in [3.63, 3.8) is 0 Å². The number of alkyl halides is 2. The molecule has 1 aromatic rings. The minimum absolute atomic E-state index is 0.0631. The van der Waals surface area contributed by atoms with Gasteiger partial charge in [-0.15, -0.1) is 0 Å². The Kier molecular flexibility index (Phi) is 2.49. The first kappa shape index (κ1) is 10.8. The van der Waals surface area contributed by atoms with Crippen molar-refractivity contribution in [1.29, 1.82) is 0 Å². The summed E-state index contributed by atoms with van der Waals surface area (Å²) in [5.74, 6) is -3.24. The maximum Gasteiger partial charge on any atom is 0.267 e. The van der Waals surface area contributed by atoms with Crippen LogP contribution in [0.4, 0.5) is 14.5 Å². The van der Waals surface area contributed by atoms with Gasteiger partial charge < -0.3 is 10.6 Å². The number of amides is 1. The molecule has 1 aliphatic rings. The number of pyridine rings is 1. The van der Waals surface area contributed by atoms with Gasteiger partial charge in [0.05, 0.1) is 24.0 Å². The minimum atomic E-state index is -2.78. The molecule has 0 radical (unpaired) electrons. The SMILES string of the molecule is Nc1cnccc1C(=O)N1CCC(F)(F)C1. The van der Waals surface area contributed by atoms with Crippen LogP contribution in [0.3, 0.4) is 0 Å². The maximum absolute atomic E-state index is 12.9. The third kappa shape index (κ3) is 1.95. The monoisotopic (exact) mass is 227 g/mol. The van der Waals surface area contributed by atoms with Gasteiger partial charge in [0, 0.05) is 19.2 Å². The van der Waals surface area contributed by atoms with Gasteiger partial charge in [0.15, 0.2) is 0 Å². The van der Waals surface area contributed by atoms with Crippen molar-refractivity contribution in [3.05, 3.63) is 24.0 Å². The lowest BCUT2D eigenvalue weighted by Gasteiger charge is -2.16. The Bertz CT molecular complexity index is 422. The molecule has 2 heterocycles. The molecule has 0 unspecified atom stereocenters. The minimum Gasteiger partial charge on any atom is -0.397 e. The third-order valence-corrected chi connectivity index (χ3v) is 2.54. The second-order valence-corrected chi connectivity index (χ2v) is 3.80. The van der Waals surface area contributed by atoms with Crippen LogP contribution in [0.2, 0.25) is 0 Å². The summed E-state index contributed by atoms with van der Waals surface area (Å²) in [6.07, 6.45) is 2.46. The second kappa shape index (κ2) is 3.70. The van der Waals surface area contributed by atoms with E-state index in [4.69, 9.17) is 5.73 Å². The largest absolute Gasteiger partial charge is 0.397 e. The number of nitrogen functional groups attached to an aromatic ring is 1. The first-order valence-corrected chi connectivity index (χ1v) is 4.86. The first-order chi connectivity index (χ1) is 7.49. The van der Waals surface area contributed by atoms with Gasteiger partial charge in [-0.2, -0.15) is 0 Å². The van der Waals surface area contributed by atoms with Crippen molar-refractivity contribution < 1.29 is 13.6 Å². The van der Waals surface area contributed by atoms with Crippen LogP contribution in [0.25, 0.3) is 0 Å². The highest BCUT2D eigenvalue weighted by Crippen LogP contribution is 2.28. The van der Waals surface area contributed by atoms with Crippen LogP contribution in [0, 0.1) is 0 Å². The molecule has 1 fully saturated rings. The maximum atomic E-state index is 12.9. The van der Waals surface area contributed by atoms with E-state index in [2.05, 4.69) is 4.98 Å². The average Bonchev–Trinajstić information content (AvgIpc) is 2.59. The summed E-state index contributed by atoms with van der Waals surface area (Å²) in [6.45, 7) is -0.471. The molecule has 16 heavy (non-hydrogen) atoms. The van der Waals surface area contributed by atoms with E-state index in [1.165, 1.54) is 18.5 Å². The number of halogens is 2. The number of likely N-dealkylation sites (tertiary alicyclic amines) is 1. The lowest BCUT2D eigenvalue weighted by Crippen LogP contribution is -2.31. The summed E-state index contributed by atoms with van der Waals surface area (Å²) in [7, 11) is 0. The summed E-state index contributed by atoms with van der Waals surface area (Å²) in [5, 5.41) is 0. The molecule has 0 bridgehead atoms. The van der Waals surface area contributed by atoms with Crippen LogP contribution in [0.15, 0.2) is 18.5 Å². The molecule has 0 atom stereocenters. The summed E-state index contributed by atoms with van der Waals surface area (Å²) < 4.78 is 25.9. The number of hydrogen-bond donors (Lipinski definition) is 1. The zero-order valence-corrected chi connectivity index (χ0v) is 8.49. The van der Waals surface area contributed by atoms with E-state index in [1.54, 1.807) is 0 Å². The smallest absolute Gasteiger partial charge is 0.267 e. The molecule has 2 rings (SSSR count). The molecule has 4 nitrogen and oxygen atoms in total. The molecule has 1 amide bonds. The number of aromatic nitrogens is 1. The van der Waals surface area contributed by atoms with Crippen LogP contribution in [0.1, 0.15) is 16.8 Å². The van der Waals surface area contributed by atoms with Gasteiger partial charge >= 0.3 is 0 Å². The number of nitrogens with zero attached hydrogens (tertiary/aromatic N) is 2. The number of carbonyl (C=O) groups is 1. The molecule has 86 valence electrons. The Morgan fingerprint density at radius 1 is 1.56 bits per heavy atom. The van der Waals surface area contributed by atoms with E-state index in [1.807, 2.05) is 0 Å². The van der Waals surface area contributed by atoms with Crippen molar-refractivity contribution in [3.8, 4) is 0 Å². The van der Waals surface area contributed by atoms with Crippen LogP contribution in [0.5, 0.6) is 0 Å². The van der Waals surface area contributed by atoms with Gasteiger partial charge in [0.2, 0.25) is 0 Å². The second-order valence-electron chi connectivity index (χ2n) is 3.80. The Morgan fingerprint density at radius 2 is 2.31 bits per heavy atom. The Balaban J connectivity index is 2.18. The molecule has 1 aromatic heterocycles. The number of carbonyl (C=O) groups excluding carboxylic acids is 1. The molecule has 0 aliphatic carbocycles. The van der Waals surface area contributed by atoms with Gasteiger partial charge in [0.25, 0.3) is 11.8 Å². The zero-order valence-electron chi connectivity index (χ0n) is 8.49. The van der Waals surface area contributed by atoms with E-state index in [-0.39, 0.29) is 24.2 Å². The highest BCUT2D eigenvalue weighted by Gasteiger charge is 2.40. The predicted molar refractivity (Wildman–Crippen MR) is 54.1 cm³/mol. The van der Waals surface area contributed by atoms with Crippen molar-refractivity contribution in [2.24, 2.45) is 0 Å². The van der Waals surface area contributed by atoms with Gasteiger partial charge in [-0.25, -0.2) is 8.78 Å². The van der Waals surface area contributed by atoms with Crippen LogP contribution < -0.4 is 5.73 Å². The molecule has 0 aromatic carbocycles. The molecule has 0 saturated carbocycles. The number of anilines is 1. The standard InChI is InChI=1S/C10H11F2N3O/c11-10(12)2-4-15(6-10)9(16)7-1-3-14-5-8(7)13/h1,3,5H,2,4,6,13H2. The highest BCUT2D eigenvalue weighted by atomic mass is 19.3. The van der Waals surface area contributed by atoms with Crippen molar-refractivity contribution in [2.45, 2.75) is 12.3 Å². The lowest BCUT2D eigenvalue weighted by molar-refractivity contribution is 0.0120. The molecule has 1 aliphatic heterocycles. The van der Waals surface area contributed by atoms with E-state index >= 15 is 0 Å². The number of rotatable bonds is 1. The van der Waals surface area contributed by atoms with E-state index in [0.29, 0.717) is 0 Å². The highest BCUT2D eigenvalue weighted by molar-refractivity contribution is 5.99. The Morgan fingerprint density at radius 3 is 2.88 bits per heavy atom. The molecule has 0 spiro atoms. The van der Waals surface area contributed by atoms with Crippen LogP contribution in [-0.4, -0.2) is 34.8 Å². The summed E-state index contributed by atoms with van der Waals surface area (Å²) in [5.41, 5.74) is 6.00. The Labute approximate surface area is 91.1 Å². The number of hydrogen-bond acceptors (Lipinski definition) is 3. The van der Waals surface area contributed by atoms with Crippen LogP contribution >= 0.6 is 0 Å². The lowest BCUT2D eigenvalue weighted by atomic mass is 10.2. The number of nitrogens with two attached hydrogens (primary N) is 1. The topological polar surface area (TPSA) is 59.2 Å². The van der Waals surface area contributed by atoms with E-state index < -0.39 is 18.4 Å². The van der Waals surface area contributed by atoms with Gasteiger partial charge in [-0.3, -0.25) is 9.78 Å². The van der Waals surface area contributed by atoms with Gasteiger partial charge in [0.1, 0.15) is 0 Å². The van der Waals surface area contributed by atoms with Gasteiger partial charge in [-0.05, 0) is 6.07 Å².